The molecule has 2 saturated heterocycles. The number of likely N-dealkylation sites (tertiary alicyclic amines) is 1. The number of fused-ring (bicyclic) bond motifs is 1. The van der Waals surface area contributed by atoms with Gasteiger partial charge in [0.05, 0.1) is 6.04 Å². The SMILES string of the molecule is C=CC(=O)[C@H](C[C@@H]1CCCNC1=O)NC(=O)[C@@H]1[C@@H]2[C@H](CN1C(=O)[C@H](CC(C)C)NC(=O)OC(C)(C)C)C2(C)C. The van der Waals surface area contributed by atoms with Gasteiger partial charge in [-0.3, -0.25) is 19.2 Å². The number of hydrogen-bond acceptors (Lipinski definition) is 6. The van der Waals surface area contributed by atoms with E-state index in [4.69, 9.17) is 4.74 Å². The van der Waals surface area contributed by atoms with Crippen LogP contribution in [0.15, 0.2) is 12.7 Å². The molecule has 0 aromatic rings. The first-order valence-corrected chi connectivity index (χ1v) is 14.1. The van der Waals surface area contributed by atoms with Crippen LogP contribution in [0.1, 0.15) is 74.1 Å². The highest BCUT2D eigenvalue weighted by Gasteiger charge is 2.69. The van der Waals surface area contributed by atoms with E-state index in [2.05, 4.69) is 36.4 Å². The summed E-state index contributed by atoms with van der Waals surface area (Å²) in [6.45, 7) is 17.9. The number of carbonyl (C=O) groups excluding carboxylic acids is 5. The molecule has 218 valence electrons. The fourth-order valence-corrected chi connectivity index (χ4v) is 6.15. The summed E-state index contributed by atoms with van der Waals surface area (Å²) in [5.41, 5.74) is -0.856. The molecular weight excluding hydrogens is 500 g/mol. The molecule has 3 N–H and O–H groups in total. The molecule has 10 heteroatoms. The lowest BCUT2D eigenvalue weighted by Crippen LogP contribution is -2.58. The monoisotopic (exact) mass is 546 g/mol. The van der Waals surface area contributed by atoms with Gasteiger partial charge in [-0.1, -0.05) is 34.3 Å². The molecule has 0 bridgehead atoms. The van der Waals surface area contributed by atoms with Crippen LogP contribution in [-0.4, -0.2) is 71.3 Å². The summed E-state index contributed by atoms with van der Waals surface area (Å²) in [4.78, 5) is 66.8. The zero-order valence-corrected chi connectivity index (χ0v) is 24.5. The van der Waals surface area contributed by atoms with E-state index in [0.717, 1.165) is 12.5 Å². The third-order valence-corrected chi connectivity index (χ3v) is 8.24. The molecule has 1 saturated carbocycles. The summed E-state index contributed by atoms with van der Waals surface area (Å²) >= 11 is 0. The van der Waals surface area contributed by atoms with Crippen molar-refractivity contribution in [1.82, 2.24) is 20.9 Å². The van der Waals surface area contributed by atoms with Crippen LogP contribution in [0.4, 0.5) is 4.79 Å². The zero-order chi connectivity index (χ0) is 29.3. The normalized spacial score (nSPS) is 27.1. The first-order chi connectivity index (χ1) is 18.1. The lowest BCUT2D eigenvalue weighted by molar-refractivity contribution is -0.143. The minimum Gasteiger partial charge on any atom is -0.444 e. The number of ether oxygens (including phenoxy) is 1. The highest BCUT2D eigenvalue weighted by atomic mass is 16.6. The molecule has 3 rings (SSSR count). The van der Waals surface area contributed by atoms with Crippen molar-refractivity contribution in [2.24, 2.45) is 29.1 Å². The van der Waals surface area contributed by atoms with E-state index >= 15 is 0 Å². The molecule has 6 atom stereocenters. The van der Waals surface area contributed by atoms with Crippen molar-refractivity contribution >= 4 is 29.6 Å². The van der Waals surface area contributed by atoms with Gasteiger partial charge in [0.25, 0.3) is 0 Å². The Morgan fingerprint density at radius 1 is 1.18 bits per heavy atom. The summed E-state index contributed by atoms with van der Waals surface area (Å²) in [5, 5.41) is 8.41. The average Bonchev–Trinajstić information content (AvgIpc) is 3.15. The highest BCUT2D eigenvalue weighted by Crippen LogP contribution is 2.65. The number of carbonyl (C=O) groups is 5. The number of amides is 4. The predicted molar refractivity (Wildman–Crippen MR) is 146 cm³/mol. The van der Waals surface area contributed by atoms with Gasteiger partial charge < -0.3 is 25.6 Å². The number of nitrogens with one attached hydrogen (secondary N) is 3. The van der Waals surface area contributed by atoms with Crippen molar-refractivity contribution < 1.29 is 28.7 Å². The number of nitrogens with zero attached hydrogens (tertiary/aromatic N) is 1. The second-order valence-electron chi connectivity index (χ2n) is 13.3. The van der Waals surface area contributed by atoms with Gasteiger partial charge in [0.2, 0.25) is 17.7 Å². The van der Waals surface area contributed by atoms with Crippen LogP contribution < -0.4 is 16.0 Å². The molecular formula is C29H46N4O6. The maximum absolute atomic E-state index is 13.8. The van der Waals surface area contributed by atoms with Crippen LogP contribution in [0, 0.1) is 29.1 Å². The Kier molecular flexibility index (Phi) is 9.17. The van der Waals surface area contributed by atoms with Gasteiger partial charge in [0, 0.05) is 19.0 Å². The number of hydrogen-bond donors (Lipinski definition) is 3. The highest BCUT2D eigenvalue weighted by molar-refractivity contribution is 5.99. The molecule has 0 unspecified atom stereocenters. The Bertz CT molecular complexity index is 1000. The summed E-state index contributed by atoms with van der Waals surface area (Å²) in [6.07, 6.45) is 2.49. The molecule has 0 aromatic heterocycles. The van der Waals surface area contributed by atoms with E-state index in [1.54, 1.807) is 25.7 Å². The molecule has 2 aliphatic heterocycles. The average molecular weight is 547 g/mol. The Balaban J connectivity index is 1.81. The first-order valence-electron chi connectivity index (χ1n) is 14.1. The molecule has 10 nitrogen and oxygen atoms in total. The Hall–Kier alpha value is -2.91. The van der Waals surface area contributed by atoms with E-state index in [9.17, 15) is 24.0 Å². The van der Waals surface area contributed by atoms with Crippen molar-refractivity contribution in [1.29, 1.82) is 0 Å². The maximum atomic E-state index is 13.8. The molecule has 3 aliphatic rings. The van der Waals surface area contributed by atoms with Gasteiger partial charge in [-0.25, -0.2) is 4.79 Å². The lowest BCUT2D eigenvalue weighted by atomic mass is 9.89. The van der Waals surface area contributed by atoms with Crippen molar-refractivity contribution in [2.45, 2.75) is 97.9 Å². The second-order valence-corrected chi connectivity index (χ2v) is 13.3. The molecule has 0 radical (unpaired) electrons. The van der Waals surface area contributed by atoms with E-state index in [1.165, 1.54) is 0 Å². The van der Waals surface area contributed by atoms with Gasteiger partial charge in [-0.15, -0.1) is 0 Å². The molecule has 4 amide bonds. The number of rotatable bonds is 10. The number of ketones is 1. The van der Waals surface area contributed by atoms with Crippen LogP contribution in [0.5, 0.6) is 0 Å². The maximum Gasteiger partial charge on any atom is 0.408 e. The Labute approximate surface area is 232 Å². The molecule has 3 fully saturated rings. The fraction of sp³-hybridized carbons (Fsp3) is 0.759. The van der Waals surface area contributed by atoms with E-state index in [0.29, 0.717) is 25.9 Å². The second kappa shape index (κ2) is 11.7. The fourth-order valence-electron chi connectivity index (χ4n) is 6.15. The van der Waals surface area contributed by atoms with Gasteiger partial charge in [-0.2, -0.15) is 0 Å². The van der Waals surface area contributed by atoms with Crippen LogP contribution >= 0.6 is 0 Å². The minimum absolute atomic E-state index is 0.0693. The molecule has 0 spiro atoms. The van der Waals surface area contributed by atoms with Gasteiger partial charge in [0.15, 0.2) is 5.78 Å². The van der Waals surface area contributed by atoms with Gasteiger partial charge in [-0.05, 0) is 75.7 Å². The zero-order valence-electron chi connectivity index (χ0n) is 24.5. The molecule has 0 aromatic carbocycles. The quantitative estimate of drug-likeness (QED) is 0.361. The Morgan fingerprint density at radius 2 is 1.85 bits per heavy atom. The topological polar surface area (TPSA) is 134 Å². The van der Waals surface area contributed by atoms with Crippen LogP contribution in [0.3, 0.4) is 0 Å². The Morgan fingerprint density at radius 3 is 2.41 bits per heavy atom. The van der Waals surface area contributed by atoms with Crippen LogP contribution in [0.2, 0.25) is 0 Å². The van der Waals surface area contributed by atoms with Crippen molar-refractivity contribution in [2.75, 3.05) is 13.1 Å². The third-order valence-electron chi connectivity index (χ3n) is 8.24. The largest absolute Gasteiger partial charge is 0.444 e. The van der Waals surface area contributed by atoms with E-state index < -0.39 is 35.7 Å². The van der Waals surface area contributed by atoms with Gasteiger partial charge in [0.1, 0.15) is 17.7 Å². The minimum atomic E-state index is -0.909. The first kappa shape index (κ1) is 30.6. The molecule has 2 heterocycles. The van der Waals surface area contributed by atoms with Crippen LogP contribution in [0.25, 0.3) is 0 Å². The van der Waals surface area contributed by atoms with E-state index in [-0.39, 0.29) is 53.1 Å². The number of alkyl carbamates (subject to hydrolysis) is 1. The summed E-state index contributed by atoms with van der Waals surface area (Å²) in [5.74, 6) is -1.46. The predicted octanol–water partition coefficient (Wildman–Crippen LogP) is 2.57. The van der Waals surface area contributed by atoms with Crippen molar-refractivity contribution in [3.63, 3.8) is 0 Å². The smallest absolute Gasteiger partial charge is 0.408 e. The van der Waals surface area contributed by atoms with Crippen molar-refractivity contribution in [3.05, 3.63) is 12.7 Å². The molecule has 1 aliphatic carbocycles. The standard InChI is InChI=1S/C29H46N4O6/c1-9-21(34)19(14-17-11-10-12-30-24(17)35)31-25(36)23-22-18(29(22,7)8)15-33(23)26(37)20(13-16(2)3)32-27(38)39-28(4,5)6/h9,16-20,22-23H,1,10-15H2,2-8H3,(H,30,35)(H,31,36)(H,32,38)/t17-,18-,19-,20-,22-,23-/m0/s1. The third kappa shape index (κ3) is 7.19. The van der Waals surface area contributed by atoms with Crippen molar-refractivity contribution in [3.8, 4) is 0 Å². The number of piperidine rings is 2. The lowest BCUT2D eigenvalue weighted by Gasteiger charge is -2.34. The molecule has 39 heavy (non-hydrogen) atoms. The summed E-state index contributed by atoms with van der Waals surface area (Å²) in [6, 6.07) is -2.55. The summed E-state index contributed by atoms with van der Waals surface area (Å²) < 4.78 is 5.39. The summed E-state index contributed by atoms with van der Waals surface area (Å²) in [7, 11) is 0. The van der Waals surface area contributed by atoms with E-state index in [1.807, 2.05) is 13.8 Å². The van der Waals surface area contributed by atoms with Crippen LogP contribution in [-0.2, 0) is 23.9 Å². The van der Waals surface area contributed by atoms with Gasteiger partial charge >= 0.3 is 6.09 Å².